The van der Waals surface area contributed by atoms with E-state index in [4.69, 9.17) is 4.98 Å². The van der Waals surface area contributed by atoms with Crippen LogP contribution < -0.4 is 14.2 Å². The fourth-order valence-electron chi connectivity index (χ4n) is 8.24. The van der Waals surface area contributed by atoms with Gasteiger partial charge in [0.2, 0.25) is 0 Å². The molecule has 0 aliphatic carbocycles. The molecule has 2 aliphatic heterocycles. The molecule has 0 spiro atoms. The molecule has 5 heteroatoms. The van der Waals surface area contributed by atoms with Crippen LogP contribution in [-0.2, 0) is 5.54 Å². The second-order valence-corrected chi connectivity index (χ2v) is 13.3. The van der Waals surface area contributed by atoms with Gasteiger partial charge in [-0.1, -0.05) is 93.6 Å². The maximum Gasteiger partial charge on any atom is 0.508 e. The van der Waals surface area contributed by atoms with Crippen molar-refractivity contribution >= 4 is 40.2 Å². The van der Waals surface area contributed by atoms with Gasteiger partial charge in [-0.2, -0.15) is 0 Å². The van der Waals surface area contributed by atoms with Crippen molar-refractivity contribution in [1.29, 1.82) is 0 Å². The van der Waals surface area contributed by atoms with Gasteiger partial charge in [0.05, 0.1) is 18.1 Å². The SMILES string of the molecule is CCC1(C)B2N(c3ccc(-c4ccc5ccccc5c4)cn3)CCN2c2ccc(-c3ccc4ccccc4c3)c[n+]2C1(C)CC. The normalized spacial score (nSPS) is 20.9. The van der Waals surface area contributed by atoms with Crippen LogP contribution in [0.2, 0.25) is 5.31 Å². The van der Waals surface area contributed by atoms with Crippen molar-refractivity contribution in [2.45, 2.75) is 51.4 Å². The number of fused-ring (bicyclic) bond motifs is 5. The van der Waals surface area contributed by atoms with E-state index in [-0.39, 0.29) is 17.8 Å². The Morgan fingerprint density at radius 2 is 1.22 bits per heavy atom. The molecule has 2 aliphatic rings. The van der Waals surface area contributed by atoms with Crippen LogP contribution in [0.1, 0.15) is 40.5 Å². The Morgan fingerprint density at radius 3 is 1.82 bits per heavy atom. The van der Waals surface area contributed by atoms with Gasteiger partial charge in [-0.15, -0.1) is 0 Å². The number of anilines is 2. The van der Waals surface area contributed by atoms with Crippen molar-refractivity contribution < 1.29 is 4.57 Å². The van der Waals surface area contributed by atoms with Crippen LogP contribution in [0.25, 0.3) is 43.8 Å². The third kappa shape index (κ3) is 4.20. The van der Waals surface area contributed by atoms with Crippen molar-refractivity contribution in [1.82, 2.24) is 4.98 Å². The van der Waals surface area contributed by atoms with Gasteiger partial charge >= 0.3 is 6.98 Å². The zero-order valence-electron chi connectivity index (χ0n) is 26.7. The summed E-state index contributed by atoms with van der Waals surface area (Å²) in [6, 6.07) is 39.9. The maximum absolute atomic E-state index is 5.11. The van der Waals surface area contributed by atoms with Crippen molar-refractivity contribution in [3.05, 3.63) is 122 Å². The summed E-state index contributed by atoms with van der Waals surface area (Å²) in [7, 11) is 0. The zero-order chi connectivity index (χ0) is 30.8. The highest BCUT2D eigenvalue weighted by Gasteiger charge is 2.69. The molecule has 0 radical (unpaired) electrons. The number of hydrogen-bond donors (Lipinski definition) is 0. The van der Waals surface area contributed by atoms with Crippen molar-refractivity contribution in [3.63, 3.8) is 0 Å². The molecule has 2 aromatic heterocycles. The summed E-state index contributed by atoms with van der Waals surface area (Å²) < 4.78 is 2.61. The molecule has 2 atom stereocenters. The molecular formula is C40H40BN4+. The first-order chi connectivity index (χ1) is 21.9. The fourth-order valence-corrected chi connectivity index (χ4v) is 8.24. The molecular weight excluding hydrogens is 547 g/mol. The lowest BCUT2D eigenvalue weighted by molar-refractivity contribution is -0.758. The Labute approximate surface area is 267 Å². The second-order valence-electron chi connectivity index (χ2n) is 13.3. The highest BCUT2D eigenvalue weighted by molar-refractivity contribution is 6.71. The topological polar surface area (TPSA) is 23.3 Å². The second kappa shape index (κ2) is 10.5. The van der Waals surface area contributed by atoms with Gasteiger partial charge in [-0.25, -0.2) is 9.55 Å². The minimum absolute atomic E-state index is 0.0172. The van der Waals surface area contributed by atoms with E-state index in [1.807, 2.05) is 0 Å². The average Bonchev–Trinajstić information content (AvgIpc) is 3.56. The van der Waals surface area contributed by atoms with Gasteiger partial charge in [0, 0.05) is 29.9 Å². The molecule has 45 heavy (non-hydrogen) atoms. The summed E-state index contributed by atoms with van der Waals surface area (Å²) in [6.45, 7) is 11.9. The lowest BCUT2D eigenvalue weighted by Gasteiger charge is -2.51. The van der Waals surface area contributed by atoms with E-state index in [9.17, 15) is 0 Å². The third-order valence-corrected chi connectivity index (χ3v) is 11.4. The van der Waals surface area contributed by atoms with E-state index in [1.165, 1.54) is 44.1 Å². The highest BCUT2D eigenvalue weighted by Crippen LogP contribution is 2.55. The standard InChI is InChI=1S/C40H40BN4/c1-5-39(3)40(4,6-2)43-28-36(34-18-16-30-12-8-10-14-32(30)26-34)20-22-38(43)45-24-23-44(41(39)45)37-21-19-35(27-42-37)33-17-15-29-11-7-9-13-31(29)25-33/h7-22,25-28H,5-6,23-24H2,1-4H3/q+1. The van der Waals surface area contributed by atoms with Gasteiger partial charge in [-0.3, -0.25) is 0 Å². The maximum atomic E-state index is 5.11. The lowest BCUT2D eigenvalue weighted by Crippen LogP contribution is -2.74. The Hall–Kier alpha value is -4.64. The molecule has 1 fully saturated rings. The summed E-state index contributed by atoms with van der Waals surface area (Å²) in [5.74, 6) is 2.36. The molecule has 0 amide bonds. The monoisotopic (exact) mass is 587 g/mol. The van der Waals surface area contributed by atoms with Crippen LogP contribution in [0.3, 0.4) is 0 Å². The number of pyridine rings is 2. The van der Waals surface area contributed by atoms with E-state index in [0.717, 1.165) is 37.3 Å². The molecule has 6 aromatic rings. The van der Waals surface area contributed by atoms with Crippen LogP contribution in [0.15, 0.2) is 122 Å². The van der Waals surface area contributed by atoms with Gasteiger partial charge < -0.3 is 9.62 Å². The molecule has 0 N–H and O–H groups in total. The van der Waals surface area contributed by atoms with Gasteiger partial charge in [0.15, 0.2) is 0 Å². The first-order valence-corrected chi connectivity index (χ1v) is 16.5. The number of nitrogens with zero attached hydrogens (tertiary/aromatic N) is 4. The fraction of sp³-hybridized carbons (Fsp3) is 0.250. The summed E-state index contributed by atoms with van der Waals surface area (Å²) >= 11 is 0. The smallest absolute Gasteiger partial charge is 0.355 e. The van der Waals surface area contributed by atoms with Crippen molar-refractivity contribution in [3.8, 4) is 22.3 Å². The van der Waals surface area contributed by atoms with Crippen LogP contribution in [-0.4, -0.2) is 25.1 Å². The van der Waals surface area contributed by atoms with Crippen LogP contribution >= 0.6 is 0 Å². The first-order valence-electron chi connectivity index (χ1n) is 16.5. The summed E-state index contributed by atoms with van der Waals surface area (Å²) in [5, 5.41) is 5.07. The largest absolute Gasteiger partial charge is 0.508 e. The number of aromatic nitrogens is 2. The number of benzene rings is 4. The first kappa shape index (κ1) is 27.9. The quantitative estimate of drug-likeness (QED) is 0.148. The Kier molecular flexibility index (Phi) is 6.49. The van der Waals surface area contributed by atoms with Crippen LogP contribution in [0.5, 0.6) is 0 Å². The van der Waals surface area contributed by atoms with E-state index < -0.39 is 0 Å². The minimum Gasteiger partial charge on any atom is -0.355 e. The molecule has 222 valence electrons. The molecule has 2 unspecified atom stereocenters. The Morgan fingerprint density at radius 1 is 0.644 bits per heavy atom. The molecule has 4 nitrogen and oxygen atoms in total. The molecule has 8 rings (SSSR count). The highest BCUT2D eigenvalue weighted by atomic mass is 15.4. The number of hydrogen-bond acceptors (Lipinski definition) is 3. The zero-order valence-corrected chi connectivity index (χ0v) is 26.7. The van der Waals surface area contributed by atoms with Gasteiger partial charge in [-0.05, 0) is 82.8 Å². The summed E-state index contributed by atoms with van der Waals surface area (Å²) in [6.07, 6.45) is 6.59. The molecule has 0 bridgehead atoms. The Bertz CT molecular complexity index is 2060. The third-order valence-electron chi connectivity index (χ3n) is 11.4. The molecule has 1 saturated heterocycles. The van der Waals surface area contributed by atoms with Crippen molar-refractivity contribution in [2.75, 3.05) is 22.7 Å². The predicted molar refractivity (Wildman–Crippen MR) is 190 cm³/mol. The molecule has 4 heterocycles. The van der Waals surface area contributed by atoms with Gasteiger partial charge in [0.1, 0.15) is 11.4 Å². The summed E-state index contributed by atoms with van der Waals surface area (Å²) in [5.41, 5.74) is 4.81. The predicted octanol–water partition coefficient (Wildman–Crippen LogP) is 9.13. The van der Waals surface area contributed by atoms with E-state index in [0.29, 0.717) is 0 Å². The van der Waals surface area contributed by atoms with Crippen molar-refractivity contribution in [2.24, 2.45) is 0 Å². The van der Waals surface area contributed by atoms with Crippen LogP contribution in [0.4, 0.5) is 11.6 Å². The number of rotatable bonds is 5. The molecule has 0 saturated carbocycles. The van der Waals surface area contributed by atoms with E-state index in [2.05, 4.69) is 163 Å². The lowest BCUT2D eigenvalue weighted by atomic mass is 9.39. The summed E-state index contributed by atoms with van der Waals surface area (Å²) in [4.78, 5) is 10.3. The Balaban J connectivity index is 1.17. The van der Waals surface area contributed by atoms with Gasteiger partial charge in [0.25, 0.3) is 5.82 Å². The van der Waals surface area contributed by atoms with Crippen LogP contribution in [0, 0.1) is 0 Å². The van der Waals surface area contributed by atoms with E-state index in [1.54, 1.807) is 0 Å². The minimum atomic E-state index is -0.0846. The molecule has 4 aromatic carbocycles. The average molecular weight is 588 g/mol. The van der Waals surface area contributed by atoms with E-state index >= 15 is 0 Å².